The molecule has 3 rings (SSSR count). The maximum atomic E-state index is 12.1. The standard InChI is InChI=1S/C17H25N3O/c1-12(2)18-17(21)13-5-3-6-14(11-13)19-15-8-10-20-9-4-7-16(15)20/h3,5-6,11-12,15-16,19H,4,7-10H2,1-2H3,(H,18,21). The molecule has 4 heteroatoms. The summed E-state index contributed by atoms with van der Waals surface area (Å²) in [6, 6.07) is 9.22. The quantitative estimate of drug-likeness (QED) is 0.894. The van der Waals surface area contributed by atoms with E-state index in [1.807, 2.05) is 32.0 Å². The van der Waals surface area contributed by atoms with Crippen LogP contribution in [0.3, 0.4) is 0 Å². The van der Waals surface area contributed by atoms with E-state index in [0.717, 1.165) is 11.3 Å². The second kappa shape index (κ2) is 6.06. The SMILES string of the molecule is CC(C)NC(=O)c1cccc(NC2CCN3CCCC23)c1. The summed E-state index contributed by atoms with van der Waals surface area (Å²) in [4.78, 5) is 14.7. The van der Waals surface area contributed by atoms with Gasteiger partial charge in [-0.05, 0) is 57.9 Å². The van der Waals surface area contributed by atoms with Gasteiger partial charge in [-0.15, -0.1) is 0 Å². The van der Waals surface area contributed by atoms with Gasteiger partial charge in [0.05, 0.1) is 0 Å². The average Bonchev–Trinajstić information content (AvgIpc) is 3.03. The Hall–Kier alpha value is -1.55. The van der Waals surface area contributed by atoms with Crippen molar-refractivity contribution in [2.24, 2.45) is 0 Å². The van der Waals surface area contributed by atoms with E-state index >= 15 is 0 Å². The van der Waals surface area contributed by atoms with Gasteiger partial charge in [-0.3, -0.25) is 9.69 Å². The molecule has 114 valence electrons. The van der Waals surface area contributed by atoms with Crippen molar-refractivity contribution in [3.05, 3.63) is 29.8 Å². The first-order valence-corrected chi connectivity index (χ1v) is 8.05. The van der Waals surface area contributed by atoms with Gasteiger partial charge in [-0.1, -0.05) is 6.07 Å². The average molecular weight is 287 g/mol. The zero-order valence-corrected chi connectivity index (χ0v) is 12.9. The summed E-state index contributed by atoms with van der Waals surface area (Å²) in [7, 11) is 0. The molecule has 0 aliphatic carbocycles. The number of hydrogen-bond acceptors (Lipinski definition) is 3. The van der Waals surface area contributed by atoms with E-state index < -0.39 is 0 Å². The van der Waals surface area contributed by atoms with Crippen molar-refractivity contribution < 1.29 is 4.79 Å². The molecule has 2 fully saturated rings. The zero-order valence-electron chi connectivity index (χ0n) is 12.9. The Morgan fingerprint density at radius 2 is 2.14 bits per heavy atom. The molecule has 2 N–H and O–H groups in total. The van der Waals surface area contributed by atoms with Crippen molar-refractivity contribution in [2.45, 2.75) is 51.2 Å². The van der Waals surface area contributed by atoms with Crippen molar-refractivity contribution in [3.63, 3.8) is 0 Å². The highest BCUT2D eigenvalue weighted by Gasteiger charge is 2.36. The first-order chi connectivity index (χ1) is 10.1. The molecule has 0 saturated carbocycles. The van der Waals surface area contributed by atoms with Gasteiger partial charge in [-0.2, -0.15) is 0 Å². The molecule has 1 aromatic carbocycles. The molecule has 2 atom stereocenters. The Bertz CT molecular complexity index is 515. The molecule has 1 aromatic rings. The van der Waals surface area contributed by atoms with E-state index in [1.54, 1.807) is 0 Å². The summed E-state index contributed by atoms with van der Waals surface area (Å²) in [5.41, 5.74) is 1.79. The van der Waals surface area contributed by atoms with Crippen LogP contribution in [0.25, 0.3) is 0 Å². The lowest BCUT2D eigenvalue weighted by Crippen LogP contribution is -2.34. The van der Waals surface area contributed by atoms with Gasteiger partial charge in [0.1, 0.15) is 0 Å². The molecular weight excluding hydrogens is 262 g/mol. The van der Waals surface area contributed by atoms with Gasteiger partial charge in [-0.25, -0.2) is 0 Å². The van der Waals surface area contributed by atoms with E-state index in [9.17, 15) is 4.79 Å². The summed E-state index contributed by atoms with van der Waals surface area (Å²) in [5.74, 6) is 0.00237. The predicted molar refractivity (Wildman–Crippen MR) is 85.7 cm³/mol. The van der Waals surface area contributed by atoms with Crippen molar-refractivity contribution in [1.29, 1.82) is 0 Å². The smallest absolute Gasteiger partial charge is 0.251 e. The van der Waals surface area contributed by atoms with Crippen LogP contribution in [0.2, 0.25) is 0 Å². The molecule has 1 amide bonds. The number of carbonyl (C=O) groups is 1. The molecular formula is C17H25N3O. The molecule has 2 aliphatic rings. The van der Waals surface area contributed by atoms with Crippen LogP contribution in [-0.4, -0.2) is 42.0 Å². The van der Waals surface area contributed by atoms with Crippen LogP contribution < -0.4 is 10.6 Å². The molecule has 0 bridgehead atoms. The second-order valence-corrected chi connectivity index (χ2v) is 6.49. The summed E-state index contributed by atoms with van der Waals surface area (Å²) < 4.78 is 0. The number of nitrogens with one attached hydrogen (secondary N) is 2. The zero-order chi connectivity index (χ0) is 14.8. The van der Waals surface area contributed by atoms with Gasteiger partial charge in [0, 0.05) is 35.9 Å². The lowest BCUT2D eigenvalue weighted by Gasteiger charge is -2.22. The minimum absolute atomic E-state index is 0.00237. The molecule has 2 saturated heterocycles. The molecule has 0 spiro atoms. The third-order valence-electron chi connectivity index (χ3n) is 4.50. The van der Waals surface area contributed by atoms with Gasteiger partial charge in [0.25, 0.3) is 5.91 Å². The normalized spacial score (nSPS) is 25.1. The minimum atomic E-state index is 0.00237. The molecule has 2 heterocycles. The van der Waals surface area contributed by atoms with Crippen LogP contribution in [0.15, 0.2) is 24.3 Å². The fourth-order valence-electron chi connectivity index (χ4n) is 3.56. The lowest BCUT2D eigenvalue weighted by atomic mass is 10.1. The minimum Gasteiger partial charge on any atom is -0.381 e. The highest BCUT2D eigenvalue weighted by atomic mass is 16.1. The second-order valence-electron chi connectivity index (χ2n) is 6.49. The van der Waals surface area contributed by atoms with Crippen molar-refractivity contribution in [1.82, 2.24) is 10.2 Å². The maximum Gasteiger partial charge on any atom is 0.251 e. The predicted octanol–water partition coefficient (Wildman–Crippen LogP) is 2.47. The van der Waals surface area contributed by atoms with Crippen LogP contribution in [-0.2, 0) is 0 Å². The van der Waals surface area contributed by atoms with Gasteiger partial charge >= 0.3 is 0 Å². The summed E-state index contributed by atoms with van der Waals surface area (Å²) in [5, 5.41) is 6.58. The molecule has 2 unspecified atom stereocenters. The molecule has 21 heavy (non-hydrogen) atoms. The number of hydrogen-bond donors (Lipinski definition) is 2. The Morgan fingerprint density at radius 3 is 2.95 bits per heavy atom. The highest BCUT2D eigenvalue weighted by Crippen LogP contribution is 2.30. The monoisotopic (exact) mass is 287 g/mol. The van der Waals surface area contributed by atoms with Crippen LogP contribution in [0.4, 0.5) is 5.69 Å². The fraction of sp³-hybridized carbons (Fsp3) is 0.588. The van der Waals surface area contributed by atoms with Crippen molar-refractivity contribution in [2.75, 3.05) is 18.4 Å². The summed E-state index contributed by atoms with van der Waals surface area (Å²) in [6.07, 6.45) is 3.82. The first-order valence-electron chi connectivity index (χ1n) is 8.05. The number of rotatable bonds is 4. The van der Waals surface area contributed by atoms with Crippen LogP contribution in [0.5, 0.6) is 0 Å². The number of benzene rings is 1. The highest BCUT2D eigenvalue weighted by molar-refractivity contribution is 5.95. The van der Waals surface area contributed by atoms with Crippen LogP contribution in [0, 0.1) is 0 Å². The van der Waals surface area contributed by atoms with Gasteiger partial charge in [0.2, 0.25) is 0 Å². The largest absolute Gasteiger partial charge is 0.381 e. The maximum absolute atomic E-state index is 12.1. The lowest BCUT2D eigenvalue weighted by molar-refractivity contribution is 0.0943. The van der Waals surface area contributed by atoms with E-state index in [-0.39, 0.29) is 11.9 Å². The Balaban J connectivity index is 1.67. The van der Waals surface area contributed by atoms with Crippen molar-refractivity contribution in [3.8, 4) is 0 Å². The number of anilines is 1. The third-order valence-corrected chi connectivity index (χ3v) is 4.50. The molecule has 0 aromatic heterocycles. The van der Waals surface area contributed by atoms with Crippen molar-refractivity contribution >= 4 is 11.6 Å². The fourth-order valence-corrected chi connectivity index (χ4v) is 3.56. The van der Waals surface area contributed by atoms with Crippen LogP contribution >= 0.6 is 0 Å². The molecule has 4 nitrogen and oxygen atoms in total. The van der Waals surface area contributed by atoms with E-state index in [1.165, 1.54) is 32.4 Å². The third kappa shape index (κ3) is 3.21. The Labute approximate surface area is 126 Å². The Kier molecular flexibility index (Phi) is 4.15. The van der Waals surface area contributed by atoms with Gasteiger partial charge < -0.3 is 10.6 Å². The topological polar surface area (TPSA) is 44.4 Å². The van der Waals surface area contributed by atoms with Crippen LogP contribution in [0.1, 0.15) is 43.5 Å². The number of fused-ring (bicyclic) bond motifs is 1. The first kappa shape index (κ1) is 14.4. The van der Waals surface area contributed by atoms with E-state index in [4.69, 9.17) is 0 Å². The van der Waals surface area contributed by atoms with Gasteiger partial charge in [0.15, 0.2) is 0 Å². The number of carbonyl (C=O) groups excluding carboxylic acids is 1. The number of nitrogens with zero attached hydrogens (tertiary/aromatic N) is 1. The molecule has 2 aliphatic heterocycles. The van der Waals surface area contributed by atoms with E-state index in [0.29, 0.717) is 12.1 Å². The summed E-state index contributed by atoms with van der Waals surface area (Å²) >= 11 is 0. The molecule has 0 radical (unpaired) electrons. The Morgan fingerprint density at radius 1 is 1.29 bits per heavy atom. The number of amides is 1. The van der Waals surface area contributed by atoms with E-state index in [2.05, 4.69) is 21.6 Å². The summed E-state index contributed by atoms with van der Waals surface area (Å²) in [6.45, 7) is 6.41.